The molecule has 0 aliphatic rings. The minimum Gasteiger partial charge on any atom is -0.493 e. The summed E-state index contributed by atoms with van der Waals surface area (Å²) in [4.78, 5) is 0. The normalized spacial score (nSPS) is 10.7. The van der Waals surface area contributed by atoms with E-state index in [1.54, 1.807) is 0 Å². The van der Waals surface area contributed by atoms with Gasteiger partial charge >= 0.3 is 0 Å². The lowest BCUT2D eigenvalue weighted by molar-refractivity contribution is 0.106. The quantitative estimate of drug-likeness (QED) is 0.769. The van der Waals surface area contributed by atoms with Gasteiger partial charge < -0.3 is 14.9 Å². The van der Waals surface area contributed by atoms with E-state index in [2.05, 4.69) is 0 Å². The van der Waals surface area contributed by atoms with Crippen molar-refractivity contribution >= 4 is 0 Å². The number of ether oxygens (including phenoxy) is 1. The van der Waals surface area contributed by atoms with Crippen molar-refractivity contribution in [2.75, 3.05) is 19.8 Å². The maximum Gasteiger partial charge on any atom is 0.122 e. The molecule has 0 radical (unpaired) electrons. The molecule has 0 fully saturated rings. The number of hydrogen-bond acceptors (Lipinski definition) is 3. The molecule has 3 nitrogen and oxygen atoms in total. The van der Waals surface area contributed by atoms with E-state index in [4.69, 9.17) is 14.9 Å². The molecule has 1 rings (SSSR count). The molecule has 0 unspecified atom stereocenters. The zero-order valence-electron chi connectivity index (χ0n) is 9.23. The van der Waals surface area contributed by atoms with Crippen LogP contribution in [-0.4, -0.2) is 30.0 Å². The molecule has 0 aliphatic carbocycles. The van der Waals surface area contributed by atoms with Gasteiger partial charge in [-0.15, -0.1) is 0 Å². The Hall–Kier alpha value is -1.06. The molecule has 0 heterocycles. The monoisotopic (exact) mass is 210 g/mol. The number of aliphatic hydroxyl groups is 2. The van der Waals surface area contributed by atoms with E-state index >= 15 is 0 Å². The Bertz CT molecular complexity index is 306. The van der Waals surface area contributed by atoms with Crippen LogP contribution in [0.3, 0.4) is 0 Å². The highest BCUT2D eigenvalue weighted by atomic mass is 16.5. The molecular weight excluding hydrogens is 192 g/mol. The first kappa shape index (κ1) is 12.0. The SMILES string of the molecule is Cc1ccc(OCC(CO)CO)c(C)c1. The summed E-state index contributed by atoms with van der Waals surface area (Å²) in [6, 6.07) is 5.94. The molecular formula is C12H18O3. The molecule has 15 heavy (non-hydrogen) atoms. The van der Waals surface area contributed by atoms with E-state index in [0.717, 1.165) is 11.3 Å². The molecule has 0 amide bonds. The van der Waals surface area contributed by atoms with Gasteiger partial charge in [0.1, 0.15) is 5.75 Å². The second-order valence-electron chi connectivity index (χ2n) is 3.81. The van der Waals surface area contributed by atoms with Crippen LogP contribution in [0, 0.1) is 19.8 Å². The molecule has 0 bridgehead atoms. The van der Waals surface area contributed by atoms with E-state index in [-0.39, 0.29) is 19.1 Å². The van der Waals surface area contributed by atoms with Crippen LogP contribution in [-0.2, 0) is 0 Å². The number of benzene rings is 1. The van der Waals surface area contributed by atoms with Crippen molar-refractivity contribution in [2.24, 2.45) is 5.92 Å². The Morgan fingerprint density at radius 1 is 1.20 bits per heavy atom. The summed E-state index contributed by atoms with van der Waals surface area (Å²) < 4.78 is 5.52. The fourth-order valence-corrected chi connectivity index (χ4v) is 1.33. The first-order chi connectivity index (χ1) is 7.17. The third-order valence-corrected chi connectivity index (χ3v) is 2.32. The van der Waals surface area contributed by atoms with Crippen LogP contribution in [0.1, 0.15) is 11.1 Å². The molecule has 0 aliphatic heterocycles. The second kappa shape index (κ2) is 5.73. The molecule has 0 spiro atoms. The molecule has 0 atom stereocenters. The van der Waals surface area contributed by atoms with Crippen molar-refractivity contribution in [3.8, 4) is 5.75 Å². The van der Waals surface area contributed by atoms with Crippen LogP contribution in [0.5, 0.6) is 5.75 Å². The number of hydrogen-bond donors (Lipinski definition) is 2. The largest absolute Gasteiger partial charge is 0.493 e. The fourth-order valence-electron chi connectivity index (χ4n) is 1.33. The van der Waals surface area contributed by atoms with Crippen molar-refractivity contribution in [3.05, 3.63) is 29.3 Å². The maximum absolute atomic E-state index is 8.88. The van der Waals surface area contributed by atoms with E-state index in [1.165, 1.54) is 5.56 Å². The van der Waals surface area contributed by atoms with Crippen molar-refractivity contribution < 1.29 is 14.9 Å². The minimum absolute atomic E-state index is 0.0542. The fraction of sp³-hybridized carbons (Fsp3) is 0.500. The van der Waals surface area contributed by atoms with Crippen LogP contribution >= 0.6 is 0 Å². The predicted octanol–water partition coefficient (Wildman–Crippen LogP) is 1.28. The standard InChI is InChI=1S/C12H18O3/c1-9-3-4-12(10(2)5-9)15-8-11(6-13)7-14/h3-5,11,13-14H,6-8H2,1-2H3. The Morgan fingerprint density at radius 2 is 1.87 bits per heavy atom. The number of aliphatic hydroxyl groups excluding tert-OH is 2. The summed E-state index contributed by atoms with van der Waals surface area (Å²) in [5.41, 5.74) is 2.27. The summed E-state index contributed by atoms with van der Waals surface area (Å²) in [5.74, 6) is 0.609. The first-order valence-electron chi connectivity index (χ1n) is 5.09. The van der Waals surface area contributed by atoms with Gasteiger partial charge in [0.05, 0.1) is 19.8 Å². The molecule has 0 saturated carbocycles. The van der Waals surface area contributed by atoms with Crippen molar-refractivity contribution in [1.29, 1.82) is 0 Å². The van der Waals surface area contributed by atoms with Crippen molar-refractivity contribution in [3.63, 3.8) is 0 Å². The molecule has 2 N–H and O–H groups in total. The second-order valence-corrected chi connectivity index (χ2v) is 3.81. The van der Waals surface area contributed by atoms with Crippen LogP contribution in [0.25, 0.3) is 0 Å². The van der Waals surface area contributed by atoms with Crippen LogP contribution < -0.4 is 4.74 Å². The van der Waals surface area contributed by atoms with E-state index in [0.29, 0.717) is 6.61 Å². The van der Waals surface area contributed by atoms with Gasteiger partial charge in [-0.2, -0.15) is 0 Å². The highest BCUT2D eigenvalue weighted by Gasteiger charge is 2.07. The zero-order chi connectivity index (χ0) is 11.3. The summed E-state index contributed by atoms with van der Waals surface area (Å²) >= 11 is 0. The first-order valence-corrected chi connectivity index (χ1v) is 5.09. The molecule has 0 aromatic heterocycles. The van der Waals surface area contributed by atoms with Gasteiger partial charge in [-0.05, 0) is 25.5 Å². The summed E-state index contributed by atoms with van der Waals surface area (Å²) in [7, 11) is 0. The zero-order valence-corrected chi connectivity index (χ0v) is 9.23. The smallest absolute Gasteiger partial charge is 0.122 e. The minimum atomic E-state index is -0.203. The lowest BCUT2D eigenvalue weighted by atomic mass is 10.1. The van der Waals surface area contributed by atoms with Gasteiger partial charge in [0, 0.05) is 5.92 Å². The Balaban J connectivity index is 2.57. The highest BCUT2D eigenvalue weighted by Crippen LogP contribution is 2.19. The summed E-state index contributed by atoms with van der Waals surface area (Å²) in [6.45, 7) is 4.25. The Labute approximate surface area is 90.3 Å². The van der Waals surface area contributed by atoms with Crippen LogP contribution in [0.15, 0.2) is 18.2 Å². The van der Waals surface area contributed by atoms with E-state index in [1.807, 2.05) is 32.0 Å². The predicted molar refractivity (Wildman–Crippen MR) is 59.1 cm³/mol. The Kier molecular flexibility index (Phi) is 4.59. The third kappa shape index (κ3) is 3.53. The summed E-state index contributed by atoms with van der Waals surface area (Å²) in [5, 5.41) is 17.8. The van der Waals surface area contributed by atoms with E-state index in [9.17, 15) is 0 Å². The van der Waals surface area contributed by atoms with Crippen molar-refractivity contribution in [1.82, 2.24) is 0 Å². The average Bonchev–Trinajstić information content (AvgIpc) is 2.22. The maximum atomic E-state index is 8.88. The van der Waals surface area contributed by atoms with Gasteiger partial charge in [-0.3, -0.25) is 0 Å². The lowest BCUT2D eigenvalue weighted by Gasteiger charge is -2.14. The van der Waals surface area contributed by atoms with Gasteiger partial charge in [0.25, 0.3) is 0 Å². The van der Waals surface area contributed by atoms with Gasteiger partial charge in [-0.25, -0.2) is 0 Å². The van der Waals surface area contributed by atoms with E-state index < -0.39 is 0 Å². The third-order valence-electron chi connectivity index (χ3n) is 2.32. The lowest BCUT2D eigenvalue weighted by Crippen LogP contribution is -2.19. The number of aryl methyl sites for hydroxylation is 2. The molecule has 84 valence electrons. The molecule has 3 heteroatoms. The van der Waals surface area contributed by atoms with Crippen LogP contribution in [0.2, 0.25) is 0 Å². The number of rotatable bonds is 5. The highest BCUT2D eigenvalue weighted by molar-refractivity contribution is 5.35. The molecule has 1 aromatic carbocycles. The summed E-state index contributed by atoms with van der Waals surface area (Å²) in [6.07, 6.45) is 0. The topological polar surface area (TPSA) is 49.7 Å². The average molecular weight is 210 g/mol. The van der Waals surface area contributed by atoms with Gasteiger partial charge in [0.15, 0.2) is 0 Å². The van der Waals surface area contributed by atoms with Crippen molar-refractivity contribution in [2.45, 2.75) is 13.8 Å². The molecule has 1 aromatic rings. The van der Waals surface area contributed by atoms with Crippen LogP contribution in [0.4, 0.5) is 0 Å². The Morgan fingerprint density at radius 3 is 2.40 bits per heavy atom. The molecule has 0 saturated heterocycles. The van der Waals surface area contributed by atoms with Gasteiger partial charge in [0.2, 0.25) is 0 Å². The van der Waals surface area contributed by atoms with Gasteiger partial charge in [-0.1, -0.05) is 17.7 Å².